The molecule has 4 aromatic rings. The topological polar surface area (TPSA) is 149 Å². The van der Waals surface area contributed by atoms with E-state index in [2.05, 4.69) is 15.3 Å². The monoisotopic (exact) mass is 666 g/mol. The zero-order valence-electron chi connectivity index (χ0n) is 27.1. The molecule has 3 heterocycles. The van der Waals surface area contributed by atoms with Gasteiger partial charge in [-0.3, -0.25) is 24.5 Å². The molecule has 254 valence electrons. The lowest BCUT2D eigenvalue weighted by molar-refractivity contribution is -0.217. The van der Waals surface area contributed by atoms with E-state index in [0.717, 1.165) is 29.8 Å². The summed E-state index contributed by atoms with van der Waals surface area (Å²) in [5.41, 5.74) is 2.71. The largest absolute Gasteiger partial charge is 0.497 e. The Morgan fingerprint density at radius 1 is 0.959 bits per heavy atom. The lowest BCUT2D eigenvalue weighted by Crippen LogP contribution is -2.55. The van der Waals surface area contributed by atoms with Gasteiger partial charge in [-0.05, 0) is 54.7 Å². The predicted octanol–water partition coefficient (Wildman–Crippen LogP) is 4.15. The average Bonchev–Trinajstić information content (AvgIpc) is 3.88. The summed E-state index contributed by atoms with van der Waals surface area (Å²) < 4.78 is 22.6. The molecule has 0 spiro atoms. The van der Waals surface area contributed by atoms with Crippen molar-refractivity contribution in [2.24, 2.45) is 0 Å². The van der Waals surface area contributed by atoms with Gasteiger partial charge in [-0.15, -0.1) is 0 Å². The molecule has 0 bridgehead atoms. The lowest BCUT2D eigenvalue weighted by Gasteiger charge is -2.28. The van der Waals surface area contributed by atoms with E-state index in [-0.39, 0.29) is 38.2 Å². The van der Waals surface area contributed by atoms with Crippen LogP contribution in [0.4, 0.5) is 0 Å². The molecule has 0 aliphatic carbocycles. The predicted molar refractivity (Wildman–Crippen MR) is 176 cm³/mol. The number of amides is 3. The number of carbonyl (C=O) groups excluding carboxylic acids is 4. The second-order valence-electron chi connectivity index (χ2n) is 12.0. The highest BCUT2D eigenvalue weighted by molar-refractivity contribution is 6.04. The number of imide groups is 1. The quantitative estimate of drug-likeness (QED) is 0.159. The van der Waals surface area contributed by atoms with Crippen molar-refractivity contribution in [3.05, 3.63) is 114 Å². The fourth-order valence-corrected chi connectivity index (χ4v) is 6.00. The minimum atomic E-state index is -1.97. The van der Waals surface area contributed by atoms with Crippen molar-refractivity contribution in [1.82, 2.24) is 20.2 Å². The van der Waals surface area contributed by atoms with Crippen molar-refractivity contribution in [3.63, 3.8) is 0 Å². The Morgan fingerprint density at radius 3 is 2.39 bits per heavy atom. The number of carbonyl (C=O) groups is 4. The van der Waals surface area contributed by atoms with Crippen LogP contribution in [0.5, 0.6) is 11.5 Å². The van der Waals surface area contributed by atoms with Gasteiger partial charge in [0.05, 0.1) is 26.7 Å². The highest BCUT2D eigenvalue weighted by Gasteiger charge is 2.51. The molecule has 6 rings (SSSR count). The fraction of sp³-hybridized carbons (Fsp3) is 0.324. The number of rotatable bonds is 13. The van der Waals surface area contributed by atoms with Gasteiger partial charge in [0.2, 0.25) is 5.91 Å². The van der Waals surface area contributed by atoms with Gasteiger partial charge >= 0.3 is 5.97 Å². The summed E-state index contributed by atoms with van der Waals surface area (Å²) in [6.07, 6.45) is 3.42. The summed E-state index contributed by atoms with van der Waals surface area (Å²) in [4.78, 5) is 62.1. The van der Waals surface area contributed by atoms with Crippen molar-refractivity contribution < 1.29 is 38.1 Å². The zero-order valence-corrected chi connectivity index (χ0v) is 27.1. The van der Waals surface area contributed by atoms with E-state index in [9.17, 15) is 19.2 Å². The van der Waals surface area contributed by atoms with Gasteiger partial charge in [0.1, 0.15) is 23.6 Å². The number of hydrogen-bond acceptors (Lipinski definition) is 9. The molecule has 0 saturated carbocycles. The molecule has 12 nitrogen and oxygen atoms in total. The van der Waals surface area contributed by atoms with Gasteiger partial charge in [0.25, 0.3) is 17.6 Å². The van der Waals surface area contributed by atoms with Crippen LogP contribution in [0.15, 0.2) is 91.1 Å². The van der Waals surface area contributed by atoms with Crippen LogP contribution >= 0.6 is 0 Å². The van der Waals surface area contributed by atoms with Crippen LogP contribution in [0.2, 0.25) is 0 Å². The number of cyclic esters (lactones) is 1. The third-order valence-corrected chi connectivity index (χ3v) is 8.61. The van der Waals surface area contributed by atoms with E-state index >= 15 is 0 Å². The number of aromatic nitrogens is 2. The normalized spacial score (nSPS) is 20.1. The van der Waals surface area contributed by atoms with E-state index in [4.69, 9.17) is 18.9 Å². The third-order valence-electron chi connectivity index (χ3n) is 8.61. The van der Waals surface area contributed by atoms with Crippen molar-refractivity contribution in [1.29, 1.82) is 0 Å². The van der Waals surface area contributed by atoms with E-state index in [0.29, 0.717) is 12.2 Å². The van der Waals surface area contributed by atoms with Gasteiger partial charge in [0, 0.05) is 24.7 Å². The van der Waals surface area contributed by atoms with E-state index < -0.39 is 41.6 Å². The summed E-state index contributed by atoms with van der Waals surface area (Å²) in [6, 6.07) is 25.0. The SMILES string of the molecule is COc1ccc(CCCc2cnc(C(=O)N3C[C@H](Oc4ccccc4)C[C@H]3C(=O)NC(=O)[C@@]3(OCc4ccccc4)CCC(=O)O3)[nH]2)cc1. The summed E-state index contributed by atoms with van der Waals surface area (Å²) in [5.74, 6) is -3.27. The molecule has 2 saturated heterocycles. The van der Waals surface area contributed by atoms with Crippen molar-refractivity contribution in [2.75, 3.05) is 13.7 Å². The molecule has 3 atom stereocenters. The van der Waals surface area contributed by atoms with Crippen LogP contribution in [0.3, 0.4) is 0 Å². The van der Waals surface area contributed by atoms with Crippen molar-refractivity contribution >= 4 is 23.7 Å². The summed E-state index contributed by atoms with van der Waals surface area (Å²) >= 11 is 0. The molecule has 3 amide bonds. The third kappa shape index (κ3) is 8.15. The first-order valence-corrected chi connectivity index (χ1v) is 16.3. The van der Waals surface area contributed by atoms with Crippen LogP contribution in [0.25, 0.3) is 0 Å². The number of benzene rings is 3. The molecule has 49 heavy (non-hydrogen) atoms. The highest BCUT2D eigenvalue weighted by atomic mass is 16.7. The van der Waals surface area contributed by atoms with Gasteiger partial charge in [-0.25, -0.2) is 4.98 Å². The molecule has 0 unspecified atom stereocenters. The molecule has 2 fully saturated rings. The Kier molecular flexibility index (Phi) is 10.3. The number of aromatic amines is 1. The van der Waals surface area contributed by atoms with Crippen LogP contribution in [-0.4, -0.2) is 70.1 Å². The minimum absolute atomic E-state index is 0.0162. The van der Waals surface area contributed by atoms with Crippen molar-refractivity contribution in [3.8, 4) is 11.5 Å². The van der Waals surface area contributed by atoms with Crippen LogP contribution < -0.4 is 14.8 Å². The molecule has 12 heteroatoms. The van der Waals surface area contributed by atoms with E-state index in [1.54, 1.807) is 25.4 Å². The smallest absolute Gasteiger partial charge is 0.309 e. The standard InChI is InChI=1S/C37H38N4O8/c1-46-28-17-15-25(16-18-28)11-8-12-27-22-38-33(39-27)35(44)41-23-30(48-29-13-6-3-7-14-29)21-31(41)34(43)40-36(45)37(20-19-32(42)49-37)47-24-26-9-4-2-5-10-26/h2-7,9-10,13-18,22,30-31H,8,11-12,19-21,23-24H2,1H3,(H,38,39)(H,40,43,45)/t30-,31+,37-/m1/s1. The number of hydrogen-bond donors (Lipinski definition) is 2. The van der Waals surface area contributed by atoms with Gasteiger partial charge in [-0.2, -0.15) is 0 Å². The number of nitrogens with zero attached hydrogens (tertiary/aromatic N) is 2. The van der Waals surface area contributed by atoms with Crippen molar-refractivity contribution in [2.45, 2.75) is 63.1 Å². The molecular formula is C37H38N4O8. The molecule has 2 aliphatic rings. The maximum atomic E-state index is 13.8. The number of likely N-dealkylation sites (tertiary alicyclic amines) is 1. The number of nitrogens with one attached hydrogen (secondary N) is 2. The Hall–Kier alpha value is -5.49. The van der Waals surface area contributed by atoms with Gasteiger partial charge in [0.15, 0.2) is 5.82 Å². The van der Waals surface area contributed by atoms with E-state index in [1.165, 1.54) is 10.5 Å². The number of imidazole rings is 1. The van der Waals surface area contributed by atoms with Gasteiger partial charge < -0.3 is 28.8 Å². The van der Waals surface area contributed by atoms with Crippen LogP contribution in [0.1, 0.15) is 53.1 Å². The molecule has 2 aliphatic heterocycles. The first-order valence-electron chi connectivity index (χ1n) is 16.3. The number of aryl methyl sites for hydroxylation is 2. The number of ether oxygens (including phenoxy) is 4. The van der Waals surface area contributed by atoms with E-state index in [1.807, 2.05) is 72.8 Å². The summed E-state index contributed by atoms with van der Waals surface area (Å²) in [5, 5.41) is 2.37. The number of para-hydroxylation sites is 1. The van der Waals surface area contributed by atoms with Gasteiger partial charge in [-0.1, -0.05) is 60.7 Å². The lowest BCUT2D eigenvalue weighted by atomic mass is 10.1. The summed E-state index contributed by atoms with van der Waals surface area (Å²) in [6.45, 7) is 0.0653. The Balaban J connectivity index is 1.14. The Morgan fingerprint density at radius 2 is 1.69 bits per heavy atom. The molecule has 0 radical (unpaired) electrons. The Labute approximate surface area is 283 Å². The van der Waals surface area contributed by atoms with Crippen LogP contribution in [0, 0.1) is 0 Å². The maximum absolute atomic E-state index is 13.8. The zero-order chi connectivity index (χ0) is 34.2. The number of esters is 1. The van der Waals surface area contributed by atoms with Crippen LogP contribution in [-0.2, 0) is 43.3 Å². The fourth-order valence-electron chi connectivity index (χ4n) is 6.00. The average molecular weight is 667 g/mol. The molecular weight excluding hydrogens is 628 g/mol. The molecule has 2 N–H and O–H groups in total. The summed E-state index contributed by atoms with van der Waals surface area (Å²) in [7, 11) is 1.63. The second-order valence-corrected chi connectivity index (χ2v) is 12.0. The first kappa shape index (κ1) is 33.4. The Bertz CT molecular complexity index is 1760. The second kappa shape index (κ2) is 15.2. The number of H-pyrrole nitrogens is 1. The molecule has 1 aromatic heterocycles. The minimum Gasteiger partial charge on any atom is -0.497 e. The highest BCUT2D eigenvalue weighted by Crippen LogP contribution is 2.31. The molecule has 3 aromatic carbocycles. The number of methoxy groups -OCH3 is 1. The first-order chi connectivity index (χ1) is 23.8. The maximum Gasteiger partial charge on any atom is 0.309 e.